The molecule has 152 valence electrons. The van der Waals surface area contributed by atoms with Gasteiger partial charge in [0.25, 0.3) is 0 Å². The van der Waals surface area contributed by atoms with Gasteiger partial charge in [0, 0.05) is 30.3 Å². The topological polar surface area (TPSA) is 83.0 Å². The van der Waals surface area contributed by atoms with Gasteiger partial charge in [-0.2, -0.15) is 0 Å². The van der Waals surface area contributed by atoms with Crippen LogP contribution in [0.1, 0.15) is 23.1 Å². The van der Waals surface area contributed by atoms with Crippen LogP contribution in [0.15, 0.2) is 36.4 Å². The summed E-state index contributed by atoms with van der Waals surface area (Å²) in [5.41, 5.74) is 4.03. The first kappa shape index (κ1) is 20.3. The van der Waals surface area contributed by atoms with Gasteiger partial charge >= 0.3 is 0 Å². The number of nitrogens with zero attached hydrogens (tertiary/aromatic N) is 3. The monoisotopic (exact) mass is 408 g/mol. The number of nitrogens with two attached hydrogens (primary N) is 1. The first-order chi connectivity index (χ1) is 13.7. The quantitative estimate of drug-likeness (QED) is 0.635. The molecule has 29 heavy (non-hydrogen) atoms. The minimum atomic E-state index is -1.93. The van der Waals surface area contributed by atoms with E-state index in [1.165, 1.54) is 30.7 Å². The Bertz CT molecular complexity index is 1060. The number of carbonyl (C=O) groups is 1. The lowest BCUT2D eigenvalue weighted by atomic mass is 10.1. The number of rotatable bonds is 6. The lowest BCUT2D eigenvalue weighted by Gasteiger charge is -2.27. The number of amides is 1. The Morgan fingerprint density at radius 3 is 2.41 bits per heavy atom. The Labute approximate surface area is 162 Å². The van der Waals surface area contributed by atoms with Gasteiger partial charge in [0.2, 0.25) is 5.91 Å². The second kappa shape index (κ2) is 7.53. The van der Waals surface area contributed by atoms with Gasteiger partial charge in [-0.05, 0) is 19.1 Å². The Kier molecular flexibility index (Phi) is 5.27. The molecule has 1 aromatic heterocycles. The van der Waals surface area contributed by atoms with Crippen LogP contribution in [-0.2, 0) is 12.6 Å². The molecule has 0 aliphatic heterocycles. The molecule has 10 heteroatoms. The van der Waals surface area contributed by atoms with Gasteiger partial charge in [0.05, 0.1) is 0 Å². The summed E-state index contributed by atoms with van der Waals surface area (Å²) in [5.74, 6) is -5.20. The maximum atomic E-state index is 14.0. The Morgan fingerprint density at radius 1 is 1.17 bits per heavy atom. The van der Waals surface area contributed by atoms with E-state index >= 15 is 0 Å². The van der Waals surface area contributed by atoms with Crippen LogP contribution in [0.4, 0.5) is 17.6 Å². The molecule has 0 saturated carbocycles. The van der Waals surface area contributed by atoms with Crippen molar-refractivity contribution in [2.24, 2.45) is 12.8 Å². The Morgan fingerprint density at radius 2 is 1.83 bits per heavy atom. The SMILES string of the molecule is Cn1c(-c2cccc(C(N)=O)c2)nnc1C(C)(CF)Oc1c(F)cc(F)cc1F. The maximum Gasteiger partial charge on any atom is 0.248 e. The molecule has 3 rings (SSSR count). The number of ether oxygens (including phenoxy) is 1. The number of hydrogen-bond donors (Lipinski definition) is 1. The zero-order valence-electron chi connectivity index (χ0n) is 15.4. The van der Waals surface area contributed by atoms with Crippen LogP contribution in [0.5, 0.6) is 5.75 Å². The number of benzene rings is 2. The van der Waals surface area contributed by atoms with Gasteiger partial charge in [0.1, 0.15) is 12.5 Å². The molecular formula is C19H16F4N4O2. The minimum absolute atomic E-state index is 0.0809. The summed E-state index contributed by atoms with van der Waals surface area (Å²) >= 11 is 0. The molecule has 0 bridgehead atoms. The van der Waals surface area contributed by atoms with E-state index < -0.39 is 41.4 Å². The first-order valence-corrected chi connectivity index (χ1v) is 8.36. The maximum absolute atomic E-state index is 14.0. The van der Waals surface area contributed by atoms with Gasteiger partial charge in [-0.25, -0.2) is 17.6 Å². The van der Waals surface area contributed by atoms with Crippen LogP contribution in [0, 0.1) is 17.5 Å². The van der Waals surface area contributed by atoms with Crippen molar-refractivity contribution in [2.75, 3.05) is 6.67 Å². The van der Waals surface area contributed by atoms with Crippen LogP contribution in [0.2, 0.25) is 0 Å². The molecule has 0 aliphatic carbocycles. The highest BCUT2D eigenvalue weighted by Crippen LogP contribution is 2.33. The van der Waals surface area contributed by atoms with Gasteiger partial charge in [0.15, 0.2) is 34.6 Å². The van der Waals surface area contributed by atoms with E-state index in [1.54, 1.807) is 12.1 Å². The zero-order valence-corrected chi connectivity index (χ0v) is 15.4. The van der Waals surface area contributed by atoms with E-state index in [0.29, 0.717) is 17.7 Å². The molecule has 2 N–H and O–H groups in total. The van der Waals surface area contributed by atoms with Crippen molar-refractivity contribution in [1.29, 1.82) is 0 Å². The number of aromatic nitrogens is 3. The molecule has 1 heterocycles. The number of hydrogen-bond acceptors (Lipinski definition) is 4. The van der Waals surface area contributed by atoms with Crippen molar-refractivity contribution in [1.82, 2.24) is 14.8 Å². The number of primary amides is 1. The average molecular weight is 408 g/mol. The summed E-state index contributed by atoms with van der Waals surface area (Å²) in [4.78, 5) is 11.4. The standard InChI is InChI=1S/C19H16F4N4O2/c1-19(9-20,29-15-13(22)7-12(21)8-14(15)23)18-26-25-17(27(18)2)11-5-3-4-10(6-11)16(24)28/h3-8H,9H2,1-2H3,(H2,24,28). The molecule has 0 aliphatic rings. The fraction of sp³-hybridized carbons (Fsp3) is 0.211. The third kappa shape index (κ3) is 3.78. The molecule has 1 unspecified atom stereocenters. The number of alkyl halides is 1. The number of halogens is 4. The second-order valence-corrected chi connectivity index (χ2v) is 6.52. The summed E-state index contributed by atoms with van der Waals surface area (Å²) < 4.78 is 61.6. The molecule has 6 nitrogen and oxygen atoms in total. The minimum Gasteiger partial charge on any atom is -0.471 e. The second-order valence-electron chi connectivity index (χ2n) is 6.52. The lowest BCUT2D eigenvalue weighted by molar-refractivity contribution is 0.0372. The summed E-state index contributed by atoms with van der Waals surface area (Å²) in [6, 6.07) is 7.05. The zero-order chi connectivity index (χ0) is 21.3. The van der Waals surface area contributed by atoms with Crippen LogP contribution in [0.25, 0.3) is 11.4 Å². The summed E-state index contributed by atoms with van der Waals surface area (Å²) in [5, 5.41) is 7.86. The van der Waals surface area contributed by atoms with E-state index in [1.807, 2.05) is 0 Å². The highest BCUT2D eigenvalue weighted by Gasteiger charge is 2.37. The largest absolute Gasteiger partial charge is 0.471 e. The van der Waals surface area contributed by atoms with Crippen molar-refractivity contribution >= 4 is 5.91 Å². The molecular weight excluding hydrogens is 392 g/mol. The van der Waals surface area contributed by atoms with E-state index in [0.717, 1.165) is 0 Å². The molecule has 0 radical (unpaired) electrons. The predicted molar refractivity (Wildman–Crippen MR) is 95.2 cm³/mol. The highest BCUT2D eigenvalue weighted by atomic mass is 19.1. The number of carbonyl (C=O) groups excluding carboxylic acids is 1. The van der Waals surface area contributed by atoms with Gasteiger partial charge in [-0.15, -0.1) is 10.2 Å². The Balaban J connectivity index is 2.03. The molecule has 0 fully saturated rings. The van der Waals surface area contributed by atoms with Crippen LogP contribution in [-0.4, -0.2) is 27.3 Å². The van der Waals surface area contributed by atoms with Crippen molar-refractivity contribution in [3.05, 3.63) is 65.2 Å². The van der Waals surface area contributed by atoms with Crippen molar-refractivity contribution in [2.45, 2.75) is 12.5 Å². The van der Waals surface area contributed by atoms with Gasteiger partial charge < -0.3 is 15.0 Å². The molecule has 3 aromatic rings. The molecule has 1 amide bonds. The van der Waals surface area contributed by atoms with Crippen molar-refractivity contribution in [3.63, 3.8) is 0 Å². The smallest absolute Gasteiger partial charge is 0.248 e. The van der Waals surface area contributed by atoms with Gasteiger partial charge in [-0.1, -0.05) is 12.1 Å². The fourth-order valence-corrected chi connectivity index (χ4v) is 2.84. The van der Waals surface area contributed by atoms with E-state index in [-0.39, 0.29) is 17.2 Å². The van der Waals surface area contributed by atoms with Crippen molar-refractivity contribution in [3.8, 4) is 17.1 Å². The van der Waals surface area contributed by atoms with Crippen LogP contribution >= 0.6 is 0 Å². The Hall–Kier alpha value is -3.43. The highest BCUT2D eigenvalue weighted by molar-refractivity contribution is 5.93. The third-order valence-electron chi connectivity index (χ3n) is 4.30. The third-order valence-corrected chi connectivity index (χ3v) is 4.30. The average Bonchev–Trinajstić information content (AvgIpc) is 3.06. The summed E-state index contributed by atoms with van der Waals surface area (Å²) in [6.07, 6.45) is 0. The van der Waals surface area contributed by atoms with Gasteiger partial charge in [-0.3, -0.25) is 4.79 Å². The fourth-order valence-electron chi connectivity index (χ4n) is 2.84. The normalized spacial score (nSPS) is 13.2. The van der Waals surface area contributed by atoms with E-state index in [9.17, 15) is 22.4 Å². The molecule has 0 saturated heterocycles. The van der Waals surface area contributed by atoms with E-state index in [2.05, 4.69) is 10.2 Å². The van der Waals surface area contributed by atoms with Crippen molar-refractivity contribution < 1.29 is 27.1 Å². The van der Waals surface area contributed by atoms with Crippen LogP contribution in [0.3, 0.4) is 0 Å². The molecule has 1 atom stereocenters. The van der Waals surface area contributed by atoms with Crippen LogP contribution < -0.4 is 10.5 Å². The summed E-state index contributed by atoms with van der Waals surface area (Å²) in [7, 11) is 1.50. The van der Waals surface area contributed by atoms with E-state index in [4.69, 9.17) is 10.5 Å². The molecule has 2 aromatic carbocycles. The molecule has 0 spiro atoms. The first-order valence-electron chi connectivity index (χ1n) is 8.36. The summed E-state index contributed by atoms with van der Waals surface area (Å²) in [6.45, 7) is 0.0133. The predicted octanol–water partition coefficient (Wildman–Crippen LogP) is 3.26. The lowest BCUT2D eigenvalue weighted by Crippen LogP contribution is -2.35.